The predicted molar refractivity (Wildman–Crippen MR) is 75.0 cm³/mol. The Morgan fingerprint density at radius 1 is 1.25 bits per heavy atom. The van der Waals surface area contributed by atoms with Crippen molar-refractivity contribution in [2.24, 2.45) is 23.7 Å². The Balaban J connectivity index is 1.70. The van der Waals surface area contributed by atoms with E-state index in [2.05, 4.69) is 17.5 Å². The van der Waals surface area contributed by atoms with Crippen LogP contribution in [-0.2, 0) is 9.59 Å². The highest BCUT2D eigenvalue weighted by molar-refractivity contribution is 5.82. The Bertz CT molecular complexity index is 459. The number of fused-ring (bicyclic) bond motifs is 2. The Morgan fingerprint density at radius 3 is 2.65 bits per heavy atom. The van der Waals surface area contributed by atoms with Crippen LogP contribution >= 0.6 is 0 Å². The van der Waals surface area contributed by atoms with Gasteiger partial charge in [0.1, 0.15) is 0 Å². The molecule has 110 valence electrons. The summed E-state index contributed by atoms with van der Waals surface area (Å²) in [5.74, 6) is -0.175. The van der Waals surface area contributed by atoms with E-state index >= 15 is 0 Å². The fourth-order valence-electron chi connectivity index (χ4n) is 4.34. The summed E-state index contributed by atoms with van der Waals surface area (Å²) in [5, 5.41) is 12.5. The maximum Gasteiger partial charge on any atom is 0.308 e. The summed E-state index contributed by atoms with van der Waals surface area (Å²) in [6, 6.07) is 0. The molecule has 3 aliphatic carbocycles. The van der Waals surface area contributed by atoms with Crippen molar-refractivity contribution in [2.45, 2.75) is 51.0 Å². The molecule has 3 aliphatic rings. The zero-order chi connectivity index (χ0) is 14.3. The number of carbonyl (C=O) groups excluding carboxylic acids is 1. The summed E-state index contributed by atoms with van der Waals surface area (Å²) in [7, 11) is 0. The number of carboxylic acid groups (broad SMARTS) is 1. The van der Waals surface area contributed by atoms with Crippen LogP contribution in [0.1, 0.15) is 45.4 Å². The van der Waals surface area contributed by atoms with Gasteiger partial charge in [0.2, 0.25) is 5.91 Å². The molecule has 5 unspecified atom stereocenters. The molecule has 0 aromatic heterocycles. The summed E-state index contributed by atoms with van der Waals surface area (Å²) in [4.78, 5) is 24.0. The highest BCUT2D eigenvalue weighted by Crippen LogP contribution is 2.44. The average Bonchev–Trinajstić information content (AvgIpc) is 3.00. The lowest BCUT2D eigenvalue weighted by atomic mass is 9.73. The van der Waals surface area contributed by atoms with Gasteiger partial charge in [0.25, 0.3) is 0 Å². The summed E-state index contributed by atoms with van der Waals surface area (Å²) in [5.41, 5.74) is -0.577. The third-order valence-electron chi connectivity index (χ3n) is 5.53. The van der Waals surface area contributed by atoms with Crippen LogP contribution in [0.3, 0.4) is 0 Å². The van der Waals surface area contributed by atoms with Gasteiger partial charge in [0, 0.05) is 5.92 Å². The Morgan fingerprint density at radius 2 is 2.05 bits per heavy atom. The summed E-state index contributed by atoms with van der Waals surface area (Å²) in [6.45, 7) is 1.91. The normalized spacial score (nSPS) is 42.6. The van der Waals surface area contributed by atoms with Crippen LogP contribution in [0.5, 0.6) is 0 Å². The highest BCUT2D eigenvalue weighted by Gasteiger charge is 2.46. The third-order valence-corrected chi connectivity index (χ3v) is 5.53. The van der Waals surface area contributed by atoms with Gasteiger partial charge >= 0.3 is 5.97 Å². The molecule has 5 atom stereocenters. The molecule has 0 saturated heterocycles. The van der Waals surface area contributed by atoms with E-state index in [0.717, 1.165) is 32.1 Å². The molecule has 0 radical (unpaired) electrons. The first-order valence-corrected chi connectivity index (χ1v) is 7.73. The molecular formula is C16H23NO3. The SMILES string of the molecule is CC1(NC(=O)C2CC3C=CC2C3)CCCCC1C(=O)O. The second-order valence-electron chi connectivity index (χ2n) is 6.93. The van der Waals surface area contributed by atoms with Gasteiger partial charge < -0.3 is 10.4 Å². The highest BCUT2D eigenvalue weighted by atomic mass is 16.4. The monoisotopic (exact) mass is 277 g/mol. The zero-order valence-corrected chi connectivity index (χ0v) is 12.0. The molecule has 2 bridgehead atoms. The minimum Gasteiger partial charge on any atom is -0.481 e. The topological polar surface area (TPSA) is 66.4 Å². The van der Waals surface area contributed by atoms with E-state index in [1.165, 1.54) is 0 Å². The van der Waals surface area contributed by atoms with Crippen LogP contribution in [0.15, 0.2) is 12.2 Å². The number of nitrogens with one attached hydrogen (secondary N) is 1. The number of amides is 1. The molecule has 0 spiro atoms. The lowest BCUT2D eigenvalue weighted by molar-refractivity contribution is -0.147. The van der Waals surface area contributed by atoms with Gasteiger partial charge in [-0.2, -0.15) is 0 Å². The molecule has 0 heterocycles. The molecule has 20 heavy (non-hydrogen) atoms. The number of carboxylic acids is 1. The molecule has 2 fully saturated rings. The molecule has 2 N–H and O–H groups in total. The van der Waals surface area contributed by atoms with E-state index in [0.29, 0.717) is 18.3 Å². The second kappa shape index (κ2) is 4.90. The molecule has 3 rings (SSSR count). The van der Waals surface area contributed by atoms with Gasteiger partial charge in [-0.1, -0.05) is 25.0 Å². The van der Waals surface area contributed by atoms with Crippen LogP contribution in [0.25, 0.3) is 0 Å². The molecule has 0 aromatic carbocycles. The number of hydrogen-bond donors (Lipinski definition) is 2. The maximum absolute atomic E-state index is 12.5. The molecule has 0 aliphatic heterocycles. The third kappa shape index (κ3) is 2.25. The number of aliphatic carboxylic acids is 1. The first-order chi connectivity index (χ1) is 9.49. The predicted octanol–water partition coefficient (Wildman–Crippen LogP) is 2.35. The largest absolute Gasteiger partial charge is 0.481 e. The maximum atomic E-state index is 12.5. The molecule has 4 heteroatoms. The van der Waals surface area contributed by atoms with Crippen molar-refractivity contribution in [3.8, 4) is 0 Å². The first kappa shape index (κ1) is 13.7. The number of allylic oxidation sites excluding steroid dienone is 2. The second-order valence-corrected chi connectivity index (χ2v) is 6.93. The van der Waals surface area contributed by atoms with Crippen LogP contribution in [0, 0.1) is 23.7 Å². The van der Waals surface area contributed by atoms with Crippen molar-refractivity contribution in [1.82, 2.24) is 5.32 Å². The lowest BCUT2D eigenvalue weighted by Crippen LogP contribution is -2.57. The van der Waals surface area contributed by atoms with Crippen LogP contribution < -0.4 is 5.32 Å². The molecule has 0 aromatic rings. The summed E-state index contributed by atoms with van der Waals surface area (Å²) in [6.07, 6.45) is 9.79. The minimum atomic E-state index is -0.777. The smallest absolute Gasteiger partial charge is 0.308 e. The van der Waals surface area contributed by atoms with Crippen molar-refractivity contribution >= 4 is 11.9 Å². The van der Waals surface area contributed by atoms with Gasteiger partial charge in [-0.15, -0.1) is 0 Å². The number of hydrogen-bond acceptors (Lipinski definition) is 2. The van der Waals surface area contributed by atoms with Gasteiger partial charge in [-0.05, 0) is 44.4 Å². The Hall–Kier alpha value is -1.32. The standard InChI is InChI=1S/C16H23NO3/c1-16(7-3-2-4-13(16)15(19)20)17-14(18)12-9-10-5-6-11(12)8-10/h5-6,10-13H,2-4,7-9H2,1H3,(H,17,18)(H,19,20). The van der Waals surface area contributed by atoms with Crippen LogP contribution in [-0.4, -0.2) is 22.5 Å². The Kier molecular flexibility index (Phi) is 3.35. The Labute approximate surface area is 119 Å². The van der Waals surface area contributed by atoms with Gasteiger partial charge in [-0.3, -0.25) is 9.59 Å². The fourth-order valence-corrected chi connectivity index (χ4v) is 4.34. The van der Waals surface area contributed by atoms with E-state index < -0.39 is 17.4 Å². The van der Waals surface area contributed by atoms with Gasteiger partial charge in [-0.25, -0.2) is 0 Å². The summed E-state index contributed by atoms with van der Waals surface area (Å²) < 4.78 is 0. The number of rotatable bonds is 3. The van der Waals surface area contributed by atoms with E-state index in [1.807, 2.05) is 6.92 Å². The average molecular weight is 277 g/mol. The van der Waals surface area contributed by atoms with Crippen molar-refractivity contribution in [2.75, 3.05) is 0 Å². The lowest BCUT2D eigenvalue weighted by Gasteiger charge is -2.40. The molecule has 4 nitrogen and oxygen atoms in total. The number of carbonyl (C=O) groups is 2. The molecule has 1 amide bonds. The fraction of sp³-hybridized carbons (Fsp3) is 0.750. The van der Waals surface area contributed by atoms with E-state index in [1.54, 1.807) is 0 Å². The van der Waals surface area contributed by atoms with Crippen molar-refractivity contribution < 1.29 is 14.7 Å². The van der Waals surface area contributed by atoms with E-state index in [4.69, 9.17) is 0 Å². The zero-order valence-electron chi connectivity index (χ0n) is 12.0. The van der Waals surface area contributed by atoms with Crippen molar-refractivity contribution in [3.63, 3.8) is 0 Å². The summed E-state index contributed by atoms with van der Waals surface area (Å²) >= 11 is 0. The van der Waals surface area contributed by atoms with Gasteiger partial charge in [0.05, 0.1) is 11.5 Å². The quantitative estimate of drug-likeness (QED) is 0.778. The first-order valence-electron chi connectivity index (χ1n) is 7.73. The minimum absolute atomic E-state index is 0.0539. The molecule has 2 saturated carbocycles. The van der Waals surface area contributed by atoms with Crippen molar-refractivity contribution in [1.29, 1.82) is 0 Å². The van der Waals surface area contributed by atoms with E-state index in [9.17, 15) is 14.7 Å². The van der Waals surface area contributed by atoms with E-state index in [-0.39, 0.29) is 11.8 Å². The van der Waals surface area contributed by atoms with Crippen LogP contribution in [0.2, 0.25) is 0 Å². The van der Waals surface area contributed by atoms with Gasteiger partial charge in [0.15, 0.2) is 0 Å². The molecular weight excluding hydrogens is 254 g/mol. The van der Waals surface area contributed by atoms with Crippen LogP contribution in [0.4, 0.5) is 0 Å². The van der Waals surface area contributed by atoms with Crippen molar-refractivity contribution in [3.05, 3.63) is 12.2 Å².